The van der Waals surface area contributed by atoms with Crippen molar-refractivity contribution in [2.45, 2.75) is 54.8 Å². The van der Waals surface area contributed by atoms with Crippen molar-refractivity contribution in [3.8, 4) is 0 Å². The molecule has 0 aliphatic carbocycles. The monoisotopic (exact) mass is 304 g/mol. The maximum Gasteiger partial charge on any atom is 0.316 e. The third-order valence-electron chi connectivity index (χ3n) is 3.03. The lowest BCUT2D eigenvalue weighted by atomic mass is 9.92. The van der Waals surface area contributed by atoms with E-state index in [0.717, 1.165) is 0 Å². The SMILES string of the molecule is CC(C)(CO)C(=O)OC(OC(=O)C(C)(C)CO)C(C)(C)C. The van der Waals surface area contributed by atoms with Gasteiger partial charge in [0.1, 0.15) is 0 Å². The lowest BCUT2D eigenvalue weighted by Crippen LogP contribution is -2.43. The average Bonchev–Trinajstić information content (AvgIpc) is 2.36. The first-order chi connectivity index (χ1) is 9.28. The zero-order valence-corrected chi connectivity index (χ0v) is 14.0. The van der Waals surface area contributed by atoms with Crippen LogP contribution in [0.5, 0.6) is 0 Å². The quantitative estimate of drug-likeness (QED) is 0.570. The highest BCUT2D eigenvalue weighted by molar-refractivity contribution is 5.78. The minimum atomic E-state index is -1.10. The molecule has 0 aromatic rings. The summed E-state index contributed by atoms with van der Waals surface area (Å²) >= 11 is 0. The van der Waals surface area contributed by atoms with Crippen LogP contribution in [0.15, 0.2) is 0 Å². The van der Waals surface area contributed by atoms with E-state index in [9.17, 15) is 19.8 Å². The summed E-state index contributed by atoms with van der Waals surface area (Å²) in [6.45, 7) is 10.7. The van der Waals surface area contributed by atoms with Gasteiger partial charge in [-0.05, 0) is 27.7 Å². The Morgan fingerprint density at radius 1 is 0.810 bits per heavy atom. The van der Waals surface area contributed by atoms with Crippen molar-refractivity contribution in [3.63, 3.8) is 0 Å². The van der Waals surface area contributed by atoms with Crippen LogP contribution in [-0.2, 0) is 19.1 Å². The number of esters is 2. The topological polar surface area (TPSA) is 93.1 Å². The summed E-state index contributed by atoms with van der Waals surface area (Å²) in [5.41, 5.74) is -2.80. The van der Waals surface area contributed by atoms with Crippen molar-refractivity contribution >= 4 is 11.9 Å². The van der Waals surface area contributed by atoms with Crippen molar-refractivity contribution < 1.29 is 29.3 Å². The molecule has 0 saturated heterocycles. The zero-order valence-electron chi connectivity index (χ0n) is 14.0. The third kappa shape index (κ3) is 5.63. The molecule has 0 bridgehead atoms. The maximum absolute atomic E-state index is 12.0. The van der Waals surface area contributed by atoms with Gasteiger partial charge in [-0.2, -0.15) is 0 Å². The molecule has 0 aliphatic rings. The number of hydrogen-bond acceptors (Lipinski definition) is 6. The second kappa shape index (κ2) is 6.75. The smallest absolute Gasteiger partial charge is 0.316 e. The molecule has 124 valence electrons. The molecule has 0 heterocycles. The molecule has 0 aromatic heterocycles. The standard InChI is InChI=1S/C15H28O6/c1-13(2,3)12(20-10(18)14(4,5)8-16)21-11(19)15(6,7)9-17/h12,16-17H,8-9H2,1-7H3. The molecule has 6 nitrogen and oxygen atoms in total. The number of carbonyl (C=O) groups is 2. The van der Waals surface area contributed by atoms with Crippen molar-refractivity contribution in [2.24, 2.45) is 16.2 Å². The molecular formula is C15H28O6. The Labute approximate surface area is 126 Å². The fourth-order valence-electron chi connectivity index (χ4n) is 1.02. The van der Waals surface area contributed by atoms with Gasteiger partial charge < -0.3 is 19.7 Å². The Bertz CT molecular complexity index is 348. The molecule has 0 unspecified atom stereocenters. The second-order valence-electron chi connectivity index (χ2n) is 7.59. The number of aliphatic hydroxyl groups is 2. The summed E-state index contributed by atoms with van der Waals surface area (Å²) in [7, 11) is 0. The van der Waals surface area contributed by atoms with Crippen LogP contribution in [0.25, 0.3) is 0 Å². The zero-order chi connectivity index (χ0) is 17.1. The van der Waals surface area contributed by atoms with Crippen LogP contribution < -0.4 is 0 Å². The average molecular weight is 304 g/mol. The first-order valence-corrected chi connectivity index (χ1v) is 6.92. The van der Waals surface area contributed by atoms with Gasteiger partial charge in [0, 0.05) is 5.41 Å². The Morgan fingerprint density at radius 3 is 1.29 bits per heavy atom. The van der Waals surface area contributed by atoms with E-state index in [0.29, 0.717) is 0 Å². The van der Waals surface area contributed by atoms with Gasteiger partial charge in [0.05, 0.1) is 24.0 Å². The van der Waals surface area contributed by atoms with Crippen LogP contribution in [0, 0.1) is 16.2 Å². The summed E-state index contributed by atoms with van der Waals surface area (Å²) in [6.07, 6.45) is -1.10. The highest BCUT2D eigenvalue weighted by Gasteiger charge is 2.40. The van der Waals surface area contributed by atoms with Crippen molar-refractivity contribution in [3.05, 3.63) is 0 Å². The van der Waals surface area contributed by atoms with Gasteiger partial charge in [-0.3, -0.25) is 9.59 Å². The van der Waals surface area contributed by atoms with Crippen molar-refractivity contribution in [2.75, 3.05) is 13.2 Å². The van der Waals surface area contributed by atoms with Gasteiger partial charge in [0.15, 0.2) is 0 Å². The fourth-order valence-corrected chi connectivity index (χ4v) is 1.02. The highest BCUT2D eigenvalue weighted by Crippen LogP contribution is 2.29. The maximum atomic E-state index is 12.0. The van der Waals surface area contributed by atoms with Crippen LogP contribution in [-0.4, -0.2) is 41.7 Å². The van der Waals surface area contributed by atoms with Crippen molar-refractivity contribution in [1.82, 2.24) is 0 Å². The van der Waals surface area contributed by atoms with Gasteiger partial charge in [0.2, 0.25) is 0 Å². The number of ether oxygens (including phenoxy) is 2. The van der Waals surface area contributed by atoms with E-state index in [1.54, 1.807) is 20.8 Å². The minimum Gasteiger partial charge on any atom is -0.424 e. The molecule has 0 rings (SSSR count). The summed E-state index contributed by atoms with van der Waals surface area (Å²) in [6, 6.07) is 0. The molecule has 0 radical (unpaired) electrons. The number of carbonyl (C=O) groups excluding carboxylic acids is 2. The summed E-state index contributed by atoms with van der Waals surface area (Å²) in [5.74, 6) is -1.31. The van der Waals surface area contributed by atoms with E-state index >= 15 is 0 Å². The van der Waals surface area contributed by atoms with Crippen LogP contribution in [0.1, 0.15) is 48.5 Å². The van der Waals surface area contributed by atoms with E-state index in [1.165, 1.54) is 27.7 Å². The van der Waals surface area contributed by atoms with E-state index in [1.807, 2.05) is 0 Å². The summed E-state index contributed by atoms with van der Waals surface area (Å²) in [4.78, 5) is 24.1. The van der Waals surface area contributed by atoms with Gasteiger partial charge >= 0.3 is 11.9 Å². The second-order valence-corrected chi connectivity index (χ2v) is 7.59. The molecule has 0 spiro atoms. The molecule has 0 aliphatic heterocycles. The lowest BCUT2D eigenvalue weighted by Gasteiger charge is -2.34. The minimum absolute atomic E-state index is 0.376. The lowest BCUT2D eigenvalue weighted by molar-refractivity contribution is -0.220. The first-order valence-electron chi connectivity index (χ1n) is 6.92. The Morgan fingerprint density at radius 2 is 1.10 bits per heavy atom. The molecule has 0 atom stereocenters. The van der Waals surface area contributed by atoms with Gasteiger partial charge in [0.25, 0.3) is 6.29 Å². The molecule has 0 aromatic carbocycles. The molecule has 2 N–H and O–H groups in total. The number of aliphatic hydroxyl groups excluding tert-OH is 2. The molecule has 6 heteroatoms. The van der Waals surface area contributed by atoms with Gasteiger partial charge in [-0.15, -0.1) is 0 Å². The summed E-state index contributed by atoms with van der Waals surface area (Å²) < 4.78 is 10.5. The van der Waals surface area contributed by atoms with Crippen LogP contribution in [0.2, 0.25) is 0 Å². The van der Waals surface area contributed by atoms with E-state index in [-0.39, 0.29) is 13.2 Å². The number of rotatable bonds is 6. The third-order valence-corrected chi connectivity index (χ3v) is 3.03. The molecule has 0 saturated carbocycles. The van der Waals surface area contributed by atoms with Gasteiger partial charge in [-0.25, -0.2) is 0 Å². The molecule has 0 fully saturated rings. The normalized spacial score (nSPS) is 13.2. The molecule has 21 heavy (non-hydrogen) atoms. The van der Waals surface area contributed by atoms with E-state index < -0.39 is 34.5 Å². The molecule has 0 amide bonds. The Kier molecular flexibility index (Phi) is 6.38. The molecular weight excluding hydrogens is 276 g/mol. The van der Waals surface area contributed by atoms with Crippen LogP contribution in [0.3, 0.4) is 0 Å². The van der Waals surface area contributed by atoms with E-state index in [2.05, 4.69) is 0 Å². The van der Waals surface area contributed by atoms with E-state index in [4.69, 9.17) is 9.47 Å². The Hall–Kier alpha value is -1.14. The predicted octanol–water partition coefficient (Wildman–Crippen LogP) is 1.48. The fraction of sp³-hybridized carbons (Fsp3) is 0.867. The van der Waals surface area contributed by atoms with Gasteiger partial charge in [-0.1, -0.05) is 20.8 Å². The predicted molar refractivity (Wildman–Crippen MR) is 77.2 cm³/mol. The Balaban J connectivity index is 5.11. The van der Waals surface area contributed by atoms with Crippen LogP contribution >= 0.6 is 0 Å². The first kappa shape index (κ1) is 19.9. The largest absolute Gasteiger partial charge is 0.424 e. The highest BCUT2D eigenvalue weighted by atomic mass is 16.7. The summed E-state index contributed by atoms with van der Waals surface area (Å²) in [5, 5.41) is 18.4. The number of hydrogen-bond donors (Lipinski definition) is 2. The van der Waals surface area contributed by atoms with Crippen LogP contribution in [0.4, 0.5) is 0 Å². The van der Waals surface area contributed by atoms with Crippen molar-refractivity contribution in [1.29, 1.82) is 0 Å².